The molecule has 5 heteroatoms. The molecule has 0 aromatic heterocycles. The van der Waals surface area contributed by atoms with Gasteiger partial charge in [-0.2, -0.15) is 0 Å². The van der Waals surface area contributed by atoms with Gasteiger partial charge in [-0.1, -0.05) is 0 Å². The van der Waals surface area contributed by atoms with Crippen LogP contribution in [0.1, 0.15) is 39.5 Å². The molecule has 3 fully saturated rings. The first-order valence-electron chi connectivity index (χ1n) is 8.51. The van der Waals surface area contributed by atoms with Gasteiger partial charge in [0.15, 0.2) is 0 Å². The van der Waals surface area contributed by atoms with E-state index in [0.29, 0.717) is 30.8 Å². The molecule has 21 heavy (non-hydrogen) atoms. The van der Waals surface area contributed by atoms with Crippen LogP contribution in [0.15, 0.2) is 0 Å². The molecule has 3 aliphatic rings. The largest absolute Gasteiger partial charge is 0.373 e. The van der Waals surface area contributed by atoms with Crippen LogP contribution in [0.25, 0.3) is 0 Å². The highest BCUT2D eigenvalue weighted by Gasteiger charge is 2.31. The Morgan fingerprint density at radius 2 is 1.90 bits per heavy atom. The van der Waals surface area contributed by atoms with Gasteiger partial charge in [0, 0.05) is 31.7 Å². The summed E-state index contributed by atoms with van der Waals surface area (Å²) in [6, 6.07) is 1.01. The number of nitrogens with one attached hydrogen (secondary N) is 1. The van der Waals surface area contributed by atoms with Crippen molar-refractivity contribution in [1.82, 2.24) is 15.1 Å². The highest BCUT2D eigenvalue weighted by atomic mass is 16.5. The minimum Gasteiger partial charge on any atom is -0.373 e. The lowest BCUT2D eigenvalue weighted by atomic mass is 10.1. The molecular weight excluding hydrogens is 266 g/mol. The summed E-state index contributed by atoms with van der Waals surface area (Å²) >= 11 is 0. The Labute approximate surface area is 128 Å². The fraction of sp³-hybridized carbons (Fsp3) is 0.938. The first-order chi connectivity index (χ1) is 10.1. The molecule has 3 atom stereocenters. The van der Waals surface area contributed by atoms with Crippen molar-refractivity contribution in [2.45, 2.75) is 63.8 Å². The monoisotopic (exact) mass is 295 g/mol. The average Bonchev–Trinajstić information content (AvgIpc) is 3.09. The van der Waals surface area contributed by atoms with Gasteiger partial charge in [0.1, 0.15) is 0 Å². The van der Waals surface area contributed by atoms with Crippen LogP contribution in [0, 0.1) is 0 Å². The quantitative estimate of drug-likeness (QED) is 0.816. The van der Waals surface area contributed by atoms with Crippen LogP contribution in [-0.4, -0.2) is 72.7 Å². The summed E-state index contributed by atoms with van der Waals surface area (Å²) in [7, 11) is 0. The zero-order chi connectivity index (χ0) is 14.8. The number of nitrogens with zero attached hydrogens (tertiary/aromatic N) is 2. The van der Waals surface area contributed by atoms with Gasteiger partial charge in [0.25, 0.3) is 0 Å². The van der Waals surface area contributed by atoms with Crippen LogP contribution in [0.5, 0.6) is 0 Å². The van der Waals surface area contributed by atoms with E-state index in [2.05, 4.69) is 29.0 Å². The van der Waals surface area contributed by atoms with Crippen LogP contribution in [-0.2, 0) is 9.53 Å². The van der Waals surface area contributed by atoms with Crippen LogP contribution in [0.4, 0.5) is 0 Å². The Bertz CT molecular complexity index is 363. The smallest absolute Gasteiger partial charge is 0.234 e. The van der Waals surface area contributed by atoms with Crippen LogP contribution in [0.2, 0.25) is 0 Å². The van der Waals surface area contributed by atoms with Gasteiger partial charge in [-0.25, -0.2) is 0 Å². The summed E-state index contributed by atoms with van der Waals surface area (Å²) < 4.78 is 5.80. The topological polar surface area (TPSA) is 44.8 Å². The molecule has 1 saturated carbocycles. The molecule has 2 saturated heterocycles. The van der Waals surface area contributed by atoms with Gasteiger partial charge in [0.2, 0.25) is 5.91 Å². The number of ether oxygens (including phenoxy) is 1. The maximum atomic E-state index is 12.0. The highest BCUT2D eigenvalue weighted by molar-refractivity contribution is 5.78. The van der Waals surface area contributed by atoms with Gasteiger partial charge < -0.3 is 10.1 Å². The predicted molar refractivity (Wildman–Crippen MR) is 82.2 cm³/mol. The van der Waals surface area contributed by atoms with E-state index in [-0.39, 0.29) is 5.91 Å². The van der Waals surface area contributed by atoms with E-state index in [9.17, 15) is 4.79 Å². The second-order valence-electron chi connectivity index (χ2n) is 7.08. The number of hydrogen-bond acceptors (Lipinski definition) is 4. The molecule has 2 aliphatic heterocycles. The predicted octanol–water partition coefficient (Wildman–Crippen LogP) is 0.839. The van der Waals surface area contributed by atoms with E-state index in [1.165, 1.54) is 25.7 Å². The second-order valence-corrected chi connectivity index (χ2v) is 7.08. The molecule has 0 spiro atoms. The molecular formula is C16H29N3O2. The summed E-state index contributed by atoms with van der Waals surface area (Å²) in [6.07, 6.45) is 5.41. The van der Waals surface area contributed by atoms with Gasteiger partial charge in [-0.15, -0.1) is 0 Å². The molecule has 1 N–H and O–H groups in total. The fourth-order valence-electron chi connectivity index (χ4n) is 3.73. The lowest BCUT2D eigenvalue weighted by molar-refractivity contribution is -0.123. The first kappa shape index (κ1) is 15.3. The summed E-state index contributed by atoms with van der Waals surface area (Å²) in [5.41, 5.74) is 0. The Kier molecular flexibility index (Phi) is 4.82. The van der Waals surface area contributed by atoms with Crippen molar-refractivity contribution in [3.63, 3.8) is 0 Å². The number of amides is 1. The Morgan fingerprint density at radius 3 is 2.57 bits per heavy atom. The molecule has 3 rings (SSSR count). The maximum Gasteiger partial charge on any atom is 0.234 e. The number of rotatable bonds is 5. The number of carbonyl (C=O) groups excluding carboxylic acids is 1. The van der Waals surface area contributed by atoms with Crippen molar-refractivity contribution >= 4 is 5.91 Å². The van der Waals surface area contributed by atoms with Crippen molar-refractivity contribution < 1.29 is 9.53 Å². The molecule has 0 aromatic carbocycles. The van der Waals surface area contributed by atoms with Crippen molar-refractivity contribution in [2.24, 2.45) is 0 Å². The molecule has 1 amide bonds. The molecule has 2 heterocycles. The fourth-order valence-corrected chi connectivity index (χ4v) is 3.73. The van der Waals surface area contributed by atoms with Gasteiger partial charge in [-0.3, -0.25) is 14.6 Å². The zero-order valence-electron chi connectivity index (χ0n) is 13.4. The van der Waals surface area contributed by atoms with Crippen LogP contribution in [0.3, 0.4) is 0 Å². The summed E-state index contributed by atoms with van der Waals surface area (Å²) in [5.74, 6) is 0.216. The van der Waals surface area contributed by atoms with Crippen molar-refractivity contribution in [2.75, 3.05) is 32.7 Å². The molecule has 1 aliphatic carbocycles. The van der Waals surface area contributed by atoms with Crippen molar-refractivity contribution in [3.8, 4) is 0 Å². The molecule has 0 bridgehead atoms. The van der Waals surface area contributed by atoms with Gasteiger partial charge >= 0.3 is 0 Å². The minimum absolute atomic E-state index is 0.216. The molecule has 5 nitrogen and oxygen atoms in total. The lowest BCUT2D eigenvalue weighted by Crippen LogP contribution is -2.51. The first-order valence-corrected chi connectivity index (χ1v) is 8.51. The van der Waals surface area contributed by atoms with E-state index < -0.39 is 0 Å². The summed E-state index contributed by atoms with van der Waals surface area (Å²) in [4.78, 5) is 16.9. The number of hydrogen-bond donors (Lipinski definition) is 1. The lowest BCUT2D eigenvalue weighted by Gasteiger charge is -2.38. The third-order valence-electron chi connectivity index (χ3n) is 4.75. The number of carbonyl (C=O) groups is 1. The van der Waals surface area contributed by atoms with E-state index in [0.717, 1.165) is 26.2 Å². The van der Waals surface area contributed by atoms with Crippen molar-refractivity contribution in [1.29, 1.82) is 0 Å². The molecule has 0 radical (unpaired) electrons. The second kappa shape index (κ2) is 6.63. The third kappa shape index (κ3) is 4.41. The highest BCUT2D eigenvalue weighted by Crippen LogP contribution is 2.21. The summed E-state index contributed by atoms with van der Waals surface area (Å²) in [6.45, 7) is 9.06. The van der Waals surface area contributed by atoms with E-state index in [4.69, 9.17) is 4.74 Å². The Morgan fingerprint density at radius 1 is 1.19 bits per heavy atom. The van der Waals surface area contributed by atoms with Crippen LogP contribution >= 0.6 is 0 Å². The van der Waals surface area contributed by atoms with Crippen molar-refractivity contribution in [3.05, 3.63) is 0 Å². The Balaban J connectivity index is 1.47. The molecule has 0 unspecified atom stereocenters. The van der Waals surface area contributed by atoms with Gasteiger partial charge in [0.05, 0.1) is 18.8 Å². The normalized spacial score (nSPS) is 35.0. The average molecular weight is 295 g/mol. The van der Waals surface area contributed by atoms with Crippen LogP contribution < -0.4 is 5.32 Å². The number of morpholine rings is 1. The zero-order valence-corrected chi connectivity index (χ0v) is 13.4. The minimum atomic E-state index is 0.216. The van der Waals surface area contributed by atoms with E-state index in [1.807, 2.05) is 0 Å². The third-order valence-corrected chi connectivity index (χ3v) is 4.75. The standard InChI is InChI=1S/C16H29N3O2/c1-12-8-18(9-13(2)21-12)10-15-4-3-7-19(15)11-16(20)17-14-5-6-14/h12-15H,3-11H2,1-2H3,(H,17,20)/t12-,13+,15-/m0/s1. The maximum absolute atomic E-state index is 12.0. The van der Waals surface area contributed by atoms with E-state index >= 15 is 0 Å². The molecule has 0 aromatic rings. The molecule has 120 valence electrons. The van der Waals surface area contributed by atoms with E-state index in [1.54, 1.807) is 0 Å². The summed E-state index contributed by atoms with van der Waals surface area (Å²) in [5, 5.41) is 3.10. The Hall–Kier alpha value is -0.650. The SMILES string of the molecule is C[C@@H]1CN(C[C@@H]2CCCN2CC(=O)NC2CC2)C[C@H](C)O1. The van der Waals surface area contributed by atoms with Gasteiger partial charge in [-0.05, 0) is 46.1 Å². The number of likely N-dealkylation sites (tertiary alicyclic amines) is 1.